The highest BCUT2D eigenvalue weighted by Gasteiger charge is 2.29. The van der Waals surface area contributed by atoms with Gasteiger partial charge in [-0.2, -0.15) is 0 Å². The lowest BCUT2D eigenvalue weighted by Gasteiger charge is -2.21. The molecule has 3 atom stereocenters. The maximum Gasteiger partial charge on any atom is 0.326 e. The lowest BCUT2D eigenvalue weighted by Crippen LogP contribution is -2.53. The molecule has 1 aromatic carbocycles. The summed E-state index contributed by atoms with van der Waals surface area (Å²) in [7, 11) is 0. The largest absolute Gasteiger partial charge is 0.481 e. The molecule has 152 valence electrons. The van der Waals surface area contributed by atoms with Gasteiger partial charge in [0, 0.05) is 6.42 Å². The van der Waals surface area contributed by atoms with E-state index >= 15 is 0 Å². The van der Waals surface area contributed by atoms with Crippen molar-refractivity contribution in [1.82, 2.24) is 10.6 Å². The van der Waals surface area contributed by atoms with Gasteiger partial charge in [-0.15, -0.1) is 0 Å². The fourth-order valence-electron chi connectivity index (χ4n) is 2.25. The van der Waals surface area contributed by atoms with Gasteiger partial charge in [0.2, 0.25) is 11.8 Å². The lowest BCUT2D eigenvalue weighted by molar-refractivity contribution is -0.144. The highest BCUT2D eigenvalue weighted by atomic mass is 16.4. The number of carboxylic acids is 3. The van der Waals surface area contributed by atoms with Crippen LogP contribution in [-0.2, 0) is 30.4 Å². The first kappa shape index (κ1) is 22.6. The molecule has 0 aliphatic carbocycles. The van der Waals surface area contributed by atoms with Crippen molar-refractivity contribution in [3.8, 4) is 0 Å². The zero-order valence-corrected chi connectivity index (χ0v) is 14.7. The van der Waals surface area contributed by atoms with Gasteiger partial charge in [-0.25, -0.2) is 4.79 Å². The number of carboxylic acid groups (broad SMARTS) is 3. The summed E-state index contributed by atoms with van der Waals surface area (Å²) < 4.78 is 0. The van der Waals surface area contributed by atoms with Crippen LogP contribution in [0.2, 0.25) is 0 Å². The number of hydrogen-bond acceptors (Lipinski definition) is 6. The van der Waals surface area contributed by atoms with Crippen molar-refractivity contribution < 1.29 is 39.3 Å². The molecule has 0 spiro atoms. The Labute approximate surface area is 159 Å². The van der Waals surface area contributed by atoms with Gasteiger partial charge in [-0.1, -0.05) is 30.3 Å². The van der Waals surface area contributed by atoms with Crippen molar-refractivity contribution in [1.29, 1.82) is 0 Å². The predicted molar refractivity (Wildman–Crippen MR) is 94.1 cm³/mol. The summed E-state index contributed by atoms with van der Waals surface area (Å²) in [5.74, 6) is -6.18. The quantitative estimate of drug-likeness (QED) is 0.260. The predicted octanol–water partition coefficient (Wildman–Crippen LogP) is -1.44. The molecule has 0 aliphatic heterocycles. The monoisotopic (exact) mass is 395 g/mol. The number of carbonyl (C=O) groups is 5. The first-order valence-electron chi connectivity index (χ1n) is 8.16. The number of nitrogens with one attached hydrogen (secondary N) is 2. The molecule has 0 radical (unpaired) electrons. The summed E-state index contributed by atoms with van der Waals surface area (Å²) in [4.78, 5) is 57.2. The van der Waals surface area contributed by atoms with Crippen LogP contribution in [0.25, 0.3) is 0 Å². The van der Waals surface area contributed by atoms with Gasteiger partial charge in [0.05, 0.1) is 12.8 Å². The maximum atomic E-state index is 12.3. The topological polar surface area (TPSA) is 196 Å². The zero-order valence-electron chi connectivity index (χ0n) is 14.7. The number of aliphatic carboxylic acids is 3. The maximum absolute atomic E-state index is 12.3. The molecule has 1 rings (SSSR count). The molecule has 0 fully saturated rings. The van der Waals surface area contributed by atoms with Crippen molar-refractivity contribution in [2.24, 2.45) is 5.73 Å². The summed E-state index contributed by atoms with van der Waals surface area (Å²) in [5.41, 5.74) is 5.85. The van der Waals surface area contributed by atoms with Gasteiger partial charge in [0.1, 0.15) is 18.1 Å². The van der Waals surface area contributed by atoms with Gasteiger partial charge in [0.15, 0.2) is 0 Å². The third kappa shape index (κ3) is 7.83. The van der Waals surface area contributed by atoms with E-state index in [0.717, 1.165) is 0 Å². The molecular formula is C17H21N3O8. The fourth-order valence-corrected chi connectivity index (χ4v) is 2.25. The summed E-state index contributed by atoms with van der Waals surface area (Å²) in [6, 6.07) is 3.95. The van der Waals surface area contributed by atoms with E-state index in [9.17, 15) is 29.1 Å². The Morgan fingerprint density at radius 2 is 1.46 bits per heavy atom. The number of amides is 2. The van der Waals surface area contributed by atoms with Crippen molar-refractivity contribution >= 4 is 29.7 Å². The van der Waals surface area contributed by atoms with E-state index in [4.69, 9.17) is 15.9 Å². The minimum absolute atomic E-state index is 0.0560. The van der Waals surface area contributed by atoms with E-state index in [1.165, 1.54) is 0 Å². The minimum Gasteiger partial charge on any atom is -0.481 e. The van der Waals surface area contributed by atoms with Crippen LogP contribution in [0, 0.1) is 0 Å². The minimum atomic E-state index is -1.59. The van der Waals surface area contributed by atoms with Crippen LogP contribution in [0.5, 0.6) is 0 Å². The van der Waals surface area contributed by atoms with Crippen LogP contribution in [0.4, 0.5) is 0 Å². The van der Waals surface area contributed by atoms with Gasteiger partial charge in [-0.05, 0) is 5.56 Å². The first-order valence-corrected chi connectivity index (χ1v) is 8.16. The second-order valence-corrected chi connectivity index (χ2v) is 5.96. The van der Waals surface area contributed by atoms with Gasteiger partial charge < -0.3 is 31.7 Å². The number of carbonyl (C=O) groups excluding carboxylic acids is 2. The second kappa shape index (κ2) is 10.6. The van der Waals surface area contributed by atoms with Crippen LogP contribution in [0.3, 0.4) is 0 Å². The molecule has 0 saturated carbocycles. The van der Waals surface area contributed by atoms with Gasteiger partial charge in [-0.3, -0.25) is 19.2 Å². The Hall–Kier alpha value is -3.47. The molecule has 0 heterocycles. The van der Waals surface area contributed by atoms with E-state index in [1.807, 2.05) is 0 Å². The van der Waals surface area contributed by atoms with E-state index in [2.05, 4.69) is 10.6 Å². The van der Waals surface area contributed by atoms with Crippen molar-refractivity contribution in [2.45, 2.75) is 37.4 Å². The standard InChI is InChI=1S/C17H21N3O8/c18-10(16(25)26)7-13(21)19-11(8-14(22)23)15(24)20-12(17(27)28)6-9-4-2-1-3-5-9/h1-5,10-12H,6-8,18H2,(H,19,21)(H,20,24)(H,22,23)(H,25,26)(H,27,28). The number of rotatable bonds is 11. The van der Waals surface area contributed by atoms with E-state index in [-0.39, 0.29) is 6.42 Å². The highest BCUT2D eigenvalue weighted by Crippen LogP contribution is 2.05. The SMILES string of the molecule is NC(CC(=O)NC(CC(=O)O)C(=O)NC(Cc1ccccc1)C(=O)O)C(=O)O. The fraction of sp³-hybridized carbons (Fsp3) is 0.353. The van der Waals surface area contributed by atoms with Crippen LogP contribution in [-0.4, -0.2) is 63.2 Å². The molecule has 0 saturated heterocycles. The molecule has 1 aromatic rings. The summed E-state index contributed by atoms with van der Waals surface area (Å²) in [6.45, 7) is 0. The molecule has 7 N–H and O–H groups in total. The Morgan fingerprint density at radius 1 is 0.857 bits per heavy atom. The normalized spacial score (nSPS) is 13.6. The molecule has 0 aliphatic rings. The zero-order chi connectivity index (χ0) is 21.3. The third-order valence-corrected chi connectivity index (χ3v) is 3.65. The summed E-state index contributed by atoms with van der Waals surface area (Å²) in [6.07, 6.45) is -1.55. The second-order valence-electron chi connectivity index (χ2n) is 5.96. The average Bonchev–Trinajstić information content (AvgIpc) is 2.60. The molecular weight excluding hydrogens is 374 g/mol. The number of hydrogen-bond donors (Lipinski definition) is 6. The van der Waals surface area contributed by atoms with Crippen molar-refractivity contribution in [3.63, 3.8) is 0 Å². The average molecular weight is 395 g/mol. The Balaban J connectivity index is 2.83. The Bertz CT molecular complexity index is 737. The van der Waals surface area contributed by atoms with Crippen LogP contribution < -0.4 is 16.4 Å². The molecule has 0 aromatic heterocycles. The van der Waals surface area contributed by atoms with E-state index < -0.39 is 60.7 Å². The van der Waals surface area contributed by atoms with E-state index in [1.54, 1.807) is 30.3 Å². The Morgan fingerprint density at radius 3 is 1.96 bits per heavy atom. The molecule has 0 bridgehead atoms. The lowest BCUT2D eigenvalue weighted by atomic mass is 10.0. The number of nitrogens with two attached hydrogens (primary N) is 1. The molecule has 28 heavy (non-hydrogen) atoms. The van der Waals surface area contributed by atoms with Gasteiger partial charge >= 0.3 is 17.9 Å². The smallest absolute Gasteiger partial charge is 0.326 e. The third-order valence-electron chi connectivity index (χ3n) is 3.65. The van der Waals surface area contributed by atoms with Crippen molar-refractivity contribution in [3.05, 3.63) is 35.9 Å². The van der Waals surface area contributed by atoms with E-state index in [0.29, 0.717) is 5.56 Å². The molecule has 3 unspecified atom stereocenters. The highest BCUT2D eigenvalue weighted by molar-refractivity contribution is 5.93. The van der Waals surface area contributed by atoms with Crippen molar-refractivity contribution in [2.75, 3.05) is 0 Å². The molecule has 11 heteroatoms. The van der Waals surface area contributed by atoms with Crippen LogP contribution in [0.15, 0.2) is 30.3 Å². The first-order chi connectivity index (χ1) is 13.1. The van der Waals surface area contributed by atoms with Crippen LogP contribution in [0.1, 0.15) is 18.4 Å². The molecule has 2 amide bonds. The van der Waals surface area contributed by atoms with Gasteiger partial charge in [0.25, 0.3) is 0 Å². The Kier molecular flexibility index (Phi) is 8.56. The van der Waals surface area contributed by atoms with Crippen LogP contribution >= 0.6 is 0 Å². The summed E-state index contributed by atoms with van der Waals surface area (Å²) in [5, 5.41) is 31.2. The number of benzene rings is 1. The summed E-state index contributed by atoms with van der Waals surface area (Å²) >= 11 is 0. The molecule has 11 nitrogen and oxygen atoms in total.